The molecular weight excluding hydrogens is 422 g/mol. The second-order valence-corrected chi connectivity index (χ2v) is 6.44. The van der Waals surface area contributed by atoms with Gasteiger partial charge in [-0.2, -0.15) is 0 Å². The summed E-state index contributed by atoms with van der Waals surface area (Å²) in [5, 5.41) is 5.13. The average molecular weight is 431 g/mol. The molecule has 0 saturated heterocycles. The lowest BCUT2D eigenvalue weighted by atomic mass is 10.0. The molecule has 3 aromatic rings. The molecule has 6 heteroatoms. The Morgan fingerprint density at radius 1 is 1.05 bits per heavy atom. The second-order valence-electron chi connectivity index (χ2n) is 4.41. The Bertz CT molecular complexity index is 817. The van der Waals surface area contributed by atoms with Crippen LogP contribution in [0.2, 0.25) is 10.0 Å². The number of nitrogen functional groups attached to an aromatic ring is 1. The number of benzene rings is 2. The van der Waals surface area contributed by atoms with Crippen LogP contribution in [0.25, 0.3) is 22.5 Å². The Kier molecular flexibility index (Phi) is 4.10. The highest BCUT2D eigenvalue weighted by molar-refractivity contribution is 14.1. The molecule has 0 atom stereocenters. The predicted molar refractivity (Wildman–Crippen MR) is 94.5 cm³/mol. The van der Waals surface area contributed by atoms with Gasteiger partial charge < -0.3 is 10.3 Å². The van der Waals surface area contributed by atoms with Crippen molar-refractivity contribution in [2.75, 3.05) is 5.73 Å². The van der Waals surface area contributed by atoms with Crippen LogP contribution >= 0.6 is 45.8 Å². The molecule has 0 saturated carbocycles. The summed E-state index contributed by atoms with van der Waals surface area (Å²) in [5.41, 5.74) is 8.39. The van der Waals surface area contributed by atoms with E-state index >= 15 is 0 Å². The number of aromatic nitrogens is 1. The Morgan fingerprint density at radius 3 is 2.57 bits per heavy atom. The third-order valence-corrected chi connectivity index (χ3v) is 4.42. The molecule has 0 radical (unpaired) electrons. The number of halogens is 3. The van der Waals surface area contributed by atoms with E-state index in [1.807, 2.05) is 36.4 Å². The third-order valence-electron chi connectivity index (χ3n) is 3.00. The van der Waals surface area contributed by atoms with Gasteiger partial charge in [0.05, 0.1) is 5.56 Å². The number of anilines is 1. The van der Waals surface area contributed by atoms with Gasteiger partial charge in [0.25, 0.3) is 0 Å². The maximum Gasteiger partial charge on any atom is 0.178 e. The van der Waals surface area contributed by atoms with Crippen molar-refractivity contribution in [3.05, 3.63) is 56.1 Å². The molecule has 3 nitrogen and oxygen atoms in total. The zero-order valence-electron chi connectivity index (χ0n) is 10.6. The predicted octanol–water partition coefficient (Wildman–Crippen LogP) is 5.50. The maximum absolute atomic E-state index is 6.08. The van der Waals surface area contributed by atoms with E-state index < -0.39 is 0 Å². The molecule has 0 aliphatic rings. The van der Waals surface area contributed by atoms with Crippen molar-refractivity contribution >= 4 is 51.6 Å². The van der Waals surface area contributed by atoms with Crippen LogP contribution in [0.4, 0.5) is 5.82 Å². The van der Waals surface area contributed by atoms with Gasteiger partial charge in [-0.1, -0.05) is 40.5 Å². The Hall–Kier alpha value is -1.24. The lowest BCUT2D eigenvalue weighted by Crippen LogP contribution is -1.90. The zero-order chi connectivity index (χ0) is 15.0. The largest absolute Gasteiger partial charge is 0.380 e. The molecule has 0 aliphatic heterocycles. The van der Waals surface area contributed by atoms with E-state index in [-0.39, 0.29) is 0 Å². The normalized spacial score (nSPS) is 10.8. The first-order valence-corrected chi connectivity index (χ1v) is 7.86. The van der Waals surface area contributed by atoms with Crippen LogP contribution < -0.4 is 5.73 Å². The maximum atomic E-state index is 6.08. The zero-order valence-corrected chi connectivity index (χ0v) is 14.3. The Balaban J connectivity index is 2.24. The van der Waals surface area contributed by atoms with Gasteiger partial charge in [0, 0.05) is 19.2 Å². The van der Waals surface area contributed by atoms with Gasteiger partial charge in [-0.3, -0.25) is 0 Å². The van der Waals surface area contributed by atoms with Gasteiger partial charge in [-0.25, -0.2) is 0 Å². The summed E-state index contributed by atoms with van der Waals surface area (Å²) in [6, 6.07) is 13.0. The molecule has 1 aromatic heterocycles. The number of hydrogen-bond donors (Lipinski definition) is 1. The van der Waals surface area contributed by atoms with Gasteiger partial charge >= 0.3 is 0 Å². The first-order valence-electron chi connectivity index (χ1n) is 6.03. The van der Waals surface area contributed by atoms with Crippen molar-refractivity contribution in [3.63, 3.8) is 0 Å². The summed E-state index contributed by atoms with van der Waals surface area (Å²) in [7, 11) is 0. The van der Waals surface area contributed by atoms with Gasteiger partial charge in [-0.05, 0) is 58.5 Å². The van der Waals surface area contributed by atoms with Crippen molar-refractivity contribution in [2.24, 2.45) is 0 Å². The highest BCUT2D eigenvalue weighted by Crippen LogP contribution is 2.39. The molecule has 0 aliphatic carbocycles. The van der Waals surface area contributed by atoms with Crippen molar-refractivity contribution in [3.8, 4) is 22.5 Å². The van der Waals surface area contributed by atoms with E-state index in [0.29, 0.717) is 21.6 Å². The average Bonchev–Trinajstić information content (AvgIpc) is 2.83. The summed E-state index contributed by atoms with van der Waals surface area (Å²) in [6.07, 6.45) is 0. The minimum absolute atomic E-state index is 0.322. The smallest absolute Gasteiger partial charge is 0.178 e. The lowest BCUT2D eigenvalue weighted by molar-refractivity contribution is 0.436. The van der Waals surface area contributed by atoms with Crippen molar-refractivity contribution < 1.29 is 4.52 Å². The number of hydrogen-bond acceptors (Lipinski definition) is 3. The molecule has 1 heterocycles. The summed E-state index contributed by atoms with van der Waals surface area (Å²) >= 11 is 14.4. The summed E-state index contributed by atoms with van der Waals surface area (Å²) in [5.74, 6) is 0.907. The minimum Gasteiger partial charge on any atom is -0.380 e. The molecule has 106 valence electrons. The van der Waals surface area contributed by atoms with Crippen LogP contribution in [-0.2, 0) is 0 Å². The topological polar surface area (TPSA) is 52.0 Å². The van der Waals surface area contributed by atoms with Crippen molar-refractivity contribution in [1.29, 1.82) is 0 Å². The van der Waals surface area contributed by atoms with Crippen LogP contribution in [0.3, 0.4) is 0 Å². The highest BCUT2D eigenvalue weighted by atomic mass is 127. The van der Waals surface area contributed by atoms with Crippen LogP contribution in [0.5, 0.6) is 0 Å². The molecule has 21 heavy (non-hydrogen) atoms. The molecule has 3 rings (SSSR count). The van der Waals surface area contributed by atoms with Crippen molar-refractivity contribution in [1.82, 2.24) is 5.16 Å². The summed E-state index contributed by atoms with van der Waals surface area (Å²) in [6.45, 7) is 0. The van der Waals surface area contributed by atoms with Crippen LogP contribution in [-0.4, -0.2) is 5.16 Å². The van der Waals surface area contributed by atoms with E-state index in [4.69, 9.17) is 33.5 Å². The van der Waals surface area contributed by atoms with E-state index in [9.17, 15) is 0 Å². The summed E-state index contributed by atoms with van der Waals surface area (Å²) < 4.78 is 6.43. The van der Waals surface area contributed by atoms with E-state index in [1.165, 1.54) is 0 Å². The fraction of sp³-hybridized carbons (Fsp3) is 0. The van der Waals surface area contributed by atoms with E-state index in [2.05, 4.69) is 27.7 Å². The SMILES string of the molecule is Nc1noc(-c2cc(Cl)ccc2I)c1-c1cccc(Cl)c1. The first kappa shape index (κ1) is 14.7. The number of rotatable bonds is 2. The fourth-order valence-electron chi connectivity index (χ4n) is 2.08. The molecule has 0 spiro atoms. The standard InChI is InChI=1S/C15H9Cl2IN2O/c16-9-3-1-2-8(6-9)13-14(21-20-15(13)19)11-7-10(17)4-5-12(11)18/h1-7H,(H2,19,20). The quantitative estimate of drug-likeness (QED) is 0.546. The van der Waals surface area contributed by atoms with Gasteiger partial charge in [0.2, 0.25) is 0 Å². The molecule has 2 N–H and O–H groups in total. The highest BCUT2D eigenvalue weighted by Gasteiger charge is 2.20. The molecule has 0 amide bonds. The van der Waals surface area contributed by atoms with E-state index in [1.54, 1.807) is 6.07 Å². The van der Waals surface area contributed by atoms with Gasteiger partial charge in [0.1, 0.15) is 0 Å². The second kappa shape index (κ2) is 5.87. The fourth-order valence-corrected chi connectivity index (χ4v) is 3.02. The molecular formula is C15H9Cl2IN2O. The third kappa shape index (κ3) is 2.88. The first-order chi connectivity index (χ1) is 10.1. The van der Waals surface area contributed by atoms with Gasteiger partial charge in [0.15, 0.2) is 11.6 Å². The van der Waals surface area contributed by atoms with Gasteiger partial charge in [-0.15, -0.1) is 0 Å². The molecule has 2 aromatic carbocycles. The summed E-state index contributed by atoms with van der Waals surface area (Å²) in [4.78, 5) is 0. The monoisotopic (exact) mass is 430 g/mol. The Morgan fingerprint density at radius 2 is 1.81 bits per heavy atom. The van der Waals surface area contributed by atoms with Crippen LogP contribution in [0, 0.1) is 3.57 Å². The molecule has 0 unspecified atom stereocenters. The molecule has 0 bridgehead atoms. The van der Waals surface area contributed by atoms with Crippen LogP contribution in [0.1, 0.15) is 0 Å². The Labute approximate surface area is 145 Å². The molecule has 0 fully saturated rings. The number of nitrogens with zero attached hydrogens (tertiary/aromatic N) is 1. The van der Waals surface area contributed by atoms with Crippen LogP contribution in [0.15, 0.2) is 47.0 Å². The van der Waals surface area contributed by atoms with E-state index in [0.717, 1.165) is 20.3 Å². The number of nitrogens with two attached hydrogens (primary N) is 1. The minimum atomic E-state index is 0.322. The van der Waals surface area contributed by atoms with Crippen molar-refractivity contribution in [2.45, 2.75) is 0 Å². The lowest BCUT2D eigenvalue weighted by Gasteiger charge is -2.06.